The predicted molar refractivity (Wildman–Crippen MR) is 137 cm³/mol. The second kappa shape index (κ2) is 10.5. The summed E-state index contributed by atoms with van der Waals surface area (Å²) in [5.74, 6) is 0.347. The highest BCUT2D eigenvalue weighted by atomic mass is 16.5. The molecule has 0 spiro atoms. The number of piperazine rings is 1. The van der Waals surface area contributed by atoms with Crippen LogP contribution in [0.1, 0.15) is 54.2 Å². The Bertz CT molecular complexity index is 1120. The van der Waals surface area contributed by atoms with Crippen molar-refractivity contribution in [2.45, 2.75) is 58.3 Å². The lowest BCUT2D eigenvalue weighted by Crippen LogP contribution is -2.52. The van der Waals surface area contributed by atoms with Gasteiger partial charge in [0.1, 0.15) is 6.10 Å². The van der Waals surface area contributed by atoms with Crippen LogP contribution >= 0.6 is 0 Å². The summed E-state index contributed by atoms with van der Waals surface area (Å²) in [6.07, 6.45) is 0.741. The van der Waals surface area contributed by atoms with Crippen LogP contribution in [0.4, 0.5) is 0 Å². The number of aliphatic hydroxyl groups excluding tert-OH is 1. The van der Waals surface area contributed by atoms with Crippen LogP contribution in [0.15, 0.2) is 36.4 Å². The molecule has 0 bridgehead atoms. The van der Waals surface area contributed by atoms with E-state index in [1.165, 1.54) is 12.5 Å². The summed E-state index contributed by atoms with van der Waals surface area (Å²) in [7, 11) is 1.55. The van der Waals surface area contributed by atoms with Crippen molar-refractivity contribution < 1.29 is 24.5 Å². The summed E-state index contributed by atoms with van der Waals surface area (Å²) in [4.78, 5) is 31.4. The number of benzene rings is 2. The summed E-state index contributed by atoms with van der Waals surface area (Å²) < 4.78 is 5.25. The van der Waals surface area contributed by atoms with Gasteiger partial charge in [-0.15, -0.1) is 0 Å². The van der Waals surface area contributed by atoms with Crippen molar-refractivity contribution in [2.24, 2.45) is 0 Å². The van der Waals surface area contributed by atoms with E-state index in [9.17, 15) is 19.8 Å². The molecule has 1 fully saturated rings. The summed E-state index contributed by atoms with van der Waals surface area (Å²) in [5, 5.41) is 19.4. The Morgan fingerprint density at radius 2 is 1.75 bits per heavy atom. The highest BCUT2D eigenvalue weighted by Gasteiger charge is 2.35. The summed E-state index contributed by atoms with van der Waals surface area (Å²) >= 11 is 0. The molecule has 0 radical (unpaired) electrons. The Morgan fingerprint density at radius 3 is 2.42 bits per heavy atom. The molecule has 8 heteroatoms. The molecule has 4 rings (SSSR count). The first-order valence-corrected chi connectivity index (χ1v) is 12.6. The molecule has 2 aromatic carbocycles. The fourth-order valence-electron chi connectivity index (χ4n) is 5.10. The average Bonchev–Trinajstić information content (AvgIpc) is 3.33. The minimum atomic E-state index is -1.02. The summed E-state index contributed by atoms with van der Waals surface area (Å²) in [6.45, 7) is 9.24. The number of nitrogens with zero attached hydrogens (tertiary/aromatic N) is 3. The molecule has 2 N–H and O–H groups in total. The largest absolute Gasteiger partial charge is 0.504 e. The summed E-state index contributed by atoms with van der Waals surface area (Å²) in [6, 6.07) is 11.5. The van der Waals surface area contributed by atoms with E-state index >= 15 is 0 Å². The number of carbonyl (C=O) groups is 2. The van der Waals surface area contributed by atoms with Crippen molar-refractivity contribution in [3.8, 4) is 11.5 Å². The van der Waals surface area contributed by atoms with Gasteiger partial charge in [0.25, 0.3) is 11.8 Å². The van der Waals surface area contributed by atoms with E-state index < -0.39 is 6.10 Å². The normalized spacial score (nSPS) is 17.1. The molecule has 2 amide bonds. The number of ether oxygens (including phenoxy) is 1. The Balaban J connectivity index is 1.41. The van der Waals surface area contributed by atoms with Gasteiger partial charge in [-0.2, -0.15) is 0 Å². The molecule has 2 aliphatic heterocycles. The van der Waals surface area contributed by atoms with Crippen molar-refractivity contribution in [1.82, 2.24) is 14.7 Å². The van der Waals surface area contributed by atoms with E-state index in [4.69, 9.17) is 4.74 Å². The molecule has 194 valence electrons. The van der Waals surface area contributed by atoms with Crippen LogP contribution in [-0.4, -0.2) is 81.7 Å². The van der Waals surface area contributed by atoms with Crippen molar-refractivity contribution >= 4 is 11.8 Å². The van der Waals surface area contributed by atoms with E-state index in [0.717, 1.165) is 36.1 Å². The molecule has 2 aromatic rings. The quantitative estimate of drug-likeness (QED) is 0.614. The van der Waals surface area contributed by atoms with Crippen LogP contribution in [0.2, 0.25) is 0 Å². The molecule has 0 saturated carbocycles. The molecule has 1 atom stereocenters. The van der Waals surface area contributed by atoms with Gasteiger partial charge >= 0.3 is 0 Å². The number of carbonyl (C=O) groups excluding carboxylic acids is 2. The standard InChI is InChI=1S/C28H37N3O5/c1-19(32)26(34)29-12-14-30(15-13-29)27(35)22-7-5-6-21-17-31(18-23(21)22)28(2,3)11-10-20-8-9-24(33)25(16-20)36-4/h5-9,16,19,32-33H,10-15,17-18H2,1-4H3/t19-/m0/s1. The molecule has 36 heavy (non-hydrogen) atoms. The fourth-order valence-corrected chi connectivity index (χ4v) is 5.10. The zero-order valence-corrected chi connectivity index (χ0v) is 21.7. The molecule has 2 heterocycles. The van der Waals surface area contributed by atoms with Gasteiger partial charge in [0.05, 0.1) is 7.11 Å². The topological polar surface area (TPSA) is 93.6 Å². The predicted octanol–water partition coefficient (Wildman–Crippen LogP) is 2.79. The molecule has 1 saturated heterocycles. The van der Waals surface area contributed by atoms with Crippen LogP contribution < -0.4 is 4.74 Å². The number of fused-ring (bicyclic) bond motifs is 1. The van der Waals surface area contributed by atoms with Gasteiger partial charge in [0.2, 0.25) is 0 Å². The van der Waals surface area contributed by atoms with Gasteiger partial charge < -0.3 is 24.7 Å². The molecule has 0 unspecified atom stereocenters. The SMILES string of the molecule is COc1cc(CCC(C)(C)N2Cc3cccc(C(=O)N4CCN(C(=O)[C@H](C)O)CC4)c3C2)ccc1O. The fraction of sp³-hybridized carbons (Fsp3) is 0.500. The minimum absolute atomic E-state index is 0.00633. The number of hydrogen-bond acceptors (Lipinski definition) is 6. The number of aliphatic hydroxyl groups is 1. The maximum absolute atomic E-state index is 13.4. The van der Waals surface area contributed by atoms with Gasteiger partial charge in [-0.05, 0) is 68.5 Å². The van der Waals surface area contributed by atoms with Crippen LogP contribution in [0.3, 0.4) is 0 Å². The van der Waals surface area contributed by atoms with E-state index in [1.54, 1.807) is 18.1 Å². The number of aromatic hydroxyl groups is 1. The molecule has 0 aromatic heterocycles. The van der Waals surface area contributed by atoms with E-state index in [1.807, 2.05) is 29.2 Å². The lowest BCUT2D eigenvalue weighted by atomic mass is 9.93. The smallest absolute Gasteiger partial charge is 0.254 e. The van der Waals surface area contributed by atoms with Gasteiger partial charge in [-0.25, -0.2) is 0 Å². The number of aryl methyl sites for hydroxylation is 1. The van der Waals surface area contributed by atoms with Crippen LogP contribution in [-0.2, 0) is 24.3 Å². The Hall–Kier alpha value is -3.10. The lowest BCUT2D eigenvalue weighted by molar-refractivity contribution is -0.140. The first kappa shape index (κ1) is 26.0. The molecule has 8 nitrogen and oxygen atoms in total. The number of hydrogen-bond donors (Lipinski definition) is 2. The second-order valence-electron chi connectivity index (χ2n) is 10.4. The third-order valence-corrected chi connectivity index (χ3v) is 7.58. The number of phenolic OH excluding ortho intramolecular Hbond substituents is 1. The van der Waals surface area contributed by atoms with Crippen molar-refractivity contribution in [3.05, 3.63) is 58.7 Å². The zero-order chi connectivity index (χ0) is 26.0. The number of amides is 2. The monoisotopic (exact) mass is 495 g/mol. The first-order valence-electron chi connectivity index (χ1n) is 12.6. The van der Waals surface area contributed by atoms with Gasteiger partial charge in [-0.1, -0.05) is 18.2 Å². The summed E-state index contributed by atoms with van der Waals surface area (Å²) in [5.41, 5.74) is 4.02. The molecular weight excluding hydrogens is 458 g/mol. The van der Waals surface area contributed by atoms with Gasteiger partial charge in [0, 0.05) is 50.4 Å². The van der Waals surface area contributed by atoms with E-state index in [-0.39, 0.29) is 23.1 Å². The molecular formula is C28H37N3O5. The third kappa shape index (κ3) is 5.34. The highest BCUT2D eigenvalue weighted by molar-refractivity contribution is 5.96. The Kier molecular flexibility index (Phi) is 7.57. The number of methoxy groups -OCH3 is 1. The minimum Gasteiger partial charge on any atom is -0.504 e. The Morgan fingerprint density at radius 1 is 1.06 bits per heavy atom. The molecule has 2 aliphatic rings. The average molecular weight is 496 g/mol. The molecule has 0 aliphatic carbocycles. The lowest BCUT2D eigenvalue weighted by Gasteiger charge is -2.36. The maximum Gasteiger partial charge on any atom is 0.254 e. The zero-order valence-electron chi connectivity index (χ0n) is 21.7. The van der Waals surface area contributed by atoms with Crippen molar-refractivity contribution in [2.75, 3.05) is 33.3 Å². The van der Waals surface area contributed by atoms with Crippen LogP contribution in [0, 0.1) is 0 Å². The van der Waals surface area contributed by atoms with Crippen molar-refractivity contribution in [1.29, 1.82) is 0 Å². The van der Waals surface area contributed by atoms with Crippen LogP contribution in [0.25, 0.3) is 0 Å². The van der Waals surface area contributed by atoms with Gasteiger partial charge in [-0.3, -0.25) is 14.5 Å². The first-order chi connectivity index (χ1) is 17.1. The number of phenols is 1. The number of rotatable bonds is 7. The van der Waals surface area contributed by atoms with Crippen LogP contribution in [0.5, 0.6) is 11.5 Å². The highest BCUT2D eigenvalue weighted by Crippen LogP contribution is 2.35. The maximum atomic E-state index is 13.4. The second-order valence-corrected chi connectivity index (χ2v) is 10.4. The van der Waals surface area contributed by atoms with E-state index in [0.29, 0.717) is 38.5 Å². The Labute approximate surface area is 213 Å². The van der Waals surface area contributed by atoms with E-state index in [2.05, 4.69) is 24.8 Å². The van der Waals surface area contributed by atoms with Gasteiger partial charge in [0.15, 0.2) is 11.5 Å². The third-order valence-electron chi connectivity index (χ3n) is 7.58. The van der Waals surface area contributed by atoms with Crippen molar-refractivity contribution in [3.63, 3.8) is 0 Å².